The predicted molar refractivity (Wildman–Crippen MR) is 124 cm³/mol. The lowest BCUT2D eigenvalue weighted by Crippen LogP contribution is -2.35. The van der Waals surface area contributed by atoms with Gasteiger partial charge in [-0.3, -0.25) is 4.79 Å². The molecule has 3 rings (SSSR count). The van der Waals surface area contributed by atoms with Gasteiger partial charge in [0.25, 0.3) is 5.91 Å². The first-order valence-electron chi connectivity index (χ1n) is 10.7. The quantitative estimate of drug-likeness (QED) is 0.501. The third kappa shape index (κ3) is 5.71. The summed E-state index contributed by atoms with van der Waals surface area (Å²) in [4.78, 5) is 14.9. The molecule has 7 nitrogen and oxygen atoms in total. The third-order valence-corrected chi connectivity index (χ3v) is 7.35. The van der Waals surface area contributed by atoms with Gasteiger partial charge in [-0.2, -0.15) is 9.41 Å². The topological polar surface area (TPSA) is 82.1 Å². The van der Waals surface area contributed by atoms with E-state index in [1.807, 2.05) is 24.3 Å². The van der Waals surface area contributed by atoms with Crippen LogP contribution >= 0.6 is 0 Å². The van der Waals surface area contributed by atoms with Crippen molar-refractivity contribution in [1.29, 1.82) is 0 Å². The minimum Gasteiger partial charge on any atom is -0.372 e. The molecule has 0 atom stereocenters. The van der Waals surface area contributed by atoms with Crippen LogP contribution in [0.3, 0.4) is 0 Å². The fourth-order valence-electron chi connectivity index (χ4n) is 3.64. The molecular weight excluding hydrogens is 412 g/mol. The van der Waals surface area contributed by atoms with Crippen molar-refractivity contribution in [1.82, 2.24) is 9.73 Å². The Kier molecular flexibility index (Phi) is 7.81. The zero-order valence-electron chi connectivity index (χ0n) is 18.1. The number of anilines is 1. The lowest BCUT2D eigenvalue weighted by molar-refractivity contribution is 0.0955. The monoisotopic (exact) mass is 442 g/mol. The fourth-order valence-corrected chi connectivity index (χ4v) is 5.21. The van der Waals surface area contributed by atoms with Crippen LogP contribution in [-0.4, -0.2) is 51.0 Å². The molecule has 1 amide bonds. The molecule has 1 fully saturated rings. The van der Waals surface area contributed by atoms with E-state index in [1.165, 1.54) is 16.4 Å². The Balaban J connectivity index is 1.65. The highest BCUT2D eigenvalue weighted by molar-refractivity contribution is 7.89. The predicted octanol–water partition coefficient (Wildman–Crippen LogP) is 3.47. The van der Waals surface area contributed by atoms with E-state index in [0.717, 1.165) is 43.6 Å². The summed E-state index contributed by atoms with van der Waals surface area (Å²) >= 11 is 0. The molecule has 1 aliphatic rings. The van der Waals surface area contributed by atoms with Crippen LogP contribution in [0.1, 0.15) is 49.0 Å². The number of benzene rings is 2. The number of piperidine rings is 1. The van der Waals surface area contributed by atoms with Crippen LogP contribution < -0.4 is 10.3 Å². The van der Waals surface area contributed by atoms with Crippen molar-refractivity contribution in [3.63, 3.8) is 0 Å². The maximum absolute atomic E-state index is 12.8. The molecular formula is C23H30N4O3S. The Morgan fingerprint density at radius 2 is 1.74 bits per heavy atom. The van der Waals surface area contributed by atoms with Crippen LogP contribution in [-0.2, 0) is 10.0 Å². The van der Waals surface area contributed by atoms with E-state index in [0.29, 0.717) is 13.1 Å². The van der Waals surface area contributed by atoms with E-state index in [-0.39, 0.29) is 10.5 Å². The summed E-state index contributed by atoms with van der Waals surface area (Å²) in [6.45, 7) is 7.15. The van der Waals surface area contributed by atoms with E-state index >= 15 is 0 Å². The molecule has 0 radical (unpaired) electrons. The molecule has 0 aromatic heterocycles. The number of hydrazone groups is 1. The molecule has 166 valence electrons. The summed E-state index contributed by atoms with van der Waals surface area (Å²) in [6, 6.07) is 14.0. The minimum absolute atomic E-state index is 0.137. The first-order chi connectivity index (χ1) is 15.0. The minimum atomic E-state index is -3.59. The van der Waals surface area contributed by atoms with E-state index in [1.54, 1.807) is 18.3 Å². The Bertz CT molecular complexity index is 1010. The Morgan fingerprint density at radius 3 is 2.39 bits per heavy atom. The van der Waals surface area contributed by atoms with E-state index in [2.05, 4.69) is 29.3 Å². The van der Waals surface area contributed by atoms with Gasteiger partial charge in [0.15, 0.2) is 0 Å². The van der Waals surface area contributed by atoms with Gasteiger partial charge in [0, 0.05) is 37.4 Å². The van der Waals surface area contributed by atoms with Crippen LogP contribution in [0.2, 0.25) is 0 Å². The number of hydrogen-bond acceptors (Lipinski definition) is 5. The van der Waals surface area contributed by atoms with Crippen molar-refractivity contribution in [3.8, 4) is 0 Å². The van der Waals surface area contributed by atoms with E-state index in [4.69, 9.17) is 0 Å². The summed E-state index contributed by atoms with van der Waals surface area (Å²) in [5, 5.41) is 4.02. The Labute approximate surface area is 184 Å². The maximum atomic E-state index is 12.8. The number of nitrogens with one attached hydrogen (secondary N) is 1. The highest BCUT2D eigenvalue weighted by Gasteiger charge is 2.26. The van der Waals surface area contributed by atoms with Crippen LogP contribution in [0.25, 0.3) is 0 Å². The molecule has 0 aliphatic carbocycles. The second kappa shape index (κ2) is 10.5. The normalized spacial score (nSPS) is 15.2. The van der Waals surface area contributed by atoms with Gasteiger partial charge in [0.05, 0.1) is 11.1 Å². The molecule has 31 heavy (non-hydrogen) atoms. The van der Waals surface area contributed by atoms with Gasteiger partial charge in [-0.05, 0) is 62.6 Å². The lowest BCUT2D eigenvalue weighted by Gasteiger charge is -2.25. The third-order valence-electron chi connectivity index (χ3n) is 5.45. The van der Waals surface area contributed by atoms with Crippen molar-refractivity contribution in [2.45, 2.75) is 38.0 Å². The number of carbonyl (C=O) groups is 1. The average molecular weight is 443 g/mol. The highest BCUT2D eigenvalue weighted by atomic mass is 32.2. The molecule has 1 aliphatic heterocycles. The van der Waals surface area contributed by atoms with Crippen molar-refractivity contribution >= 4 is 27.8 Å². The number of rotatable bonds is 8. The summed E-state index contributed by atoms with van der Waals surface area (Å²) in [6.07, 6.45) is 4.34. The van der Waals surface area contributed by atoms with Crippen molar-refractivity contribution in [3.05, 3.63) is 59.7 Å². The molecule has 8 heteroatoms. The summed E-state index contributed by atoms with van der Waals surface area (Å²) in [5.41, 5.74) is 4.73. The zero-order chi connectivity index (χ0) is 22.3. The second-order valence-corrected chi connectivity index (χ2v) is 9.39. The number of carbonyl (C=O) groups excluding carboxylic acids is 1. The zero-order valence-corrected chi connectivity index (χ0v) is 18.9. The van der Waals surface area contributed by atoms with Crippen LogP contribution in [0.15, 0.2) is 58.5 Å². The van der Waals surface area contributed by atoms with E-state index < -0.39 is 15.9 Å². The van der Waals surface area contributed by atoms with Gasteiger partial charge < -0.3 is 4.90 Å². The molecule has 2 aromatic rings. The first kappa shape index (κ1) is 23.0. The molecule has 0 bridgehead atoms. The Morgan fingerprint density at radius 1 is 1.06 bits per heavy atom. The average Bonchev–Trinajstić information content (AvgIpc) is 2.81. The SMILES string of the molecule is CCN(CC)c1ccc(/C=N/NC(=O)c2cccc(S(=O)(=O)N3CCCCC3)c2)cc1. The summed E-state index contributed by atoms with van der Waals surface area (Å²) in [5.74, 6) is -0.452. The molecule has 0 unspecified atom stereocenters. The number of amides is 1. The molecule has 0 spiro atoms. The second-order valence-electron chi connectivity index (χ2n) is 7.46. The van der Waals surface area contributed by atoms with Crippen molar-refractivity contribution in [2.75, 3.05) is 31.1 Å². The van der Waals surface area contributed by atoms with Crippen molar-refractivity contribution < 1.29 is 13.2 Å². The van der Waals surface area contributed by atoms with Crippen LogP contribution in [0, 0.1) is 0 Å². The summed E-state index contributed by atoms with van der Waals surface area (Å²) in [7, 11) is -3.59. The molecule has 1 N–H and O–H groups in total. The first-order valence-corrected chi connectivity index (χ1v) is 12.2. The van der Waals surface area contributed by atoms with Gasteiger partial charge >= 0.3 is 0 Å². The van der Waals surface area contributed by atoms with Gasteiger partial charge in [-0.25, -0.2) is 13.8 Å². The maximum Gasteiger partial charge on any atom is 0.271 e. The van der Waals surface area contributed by atoms with E-state index in [9.17, 15) is 13.2 Å². The fraction of sp³-hybridized carbons (Fsp3) is 0.391. The van der Waals surface area contributed by atoms with Gasteiger partial charge in [-0.1, -0.05) is 24.6 Å². The highest BCUT2D eigenvalue weighted by Crippen LogP contribution is 2.21. The number of hydrogen-bond donors (Lipinski definition) is 1. The molecule has 1 heterocycles. The lowest BCUT2D eigenvalue weighted by atomic mass is 10.2. The molecule has 0 saturated carbocycles. The standard InChI is InChI=1S/C23H30N4O3S/c1-3-26(4-2)21-13-11-19(12-14-21)18-24-25-23(28)20-9-8-10-22(17-20)31(29,30)27-15-6-5-7-16-27/h8-14,17-18H,3-7,15-16H2,1-2H3,(H,25,28)/b24-18+. The van der Waals surface area contributed by atoms with Gasteiger partial charge in [0.1, 0.15) is 0 Å². The van der Waals surface area contributed by atoms with Crippen LogP contribution in [0.4, 0.5) is 5.69 Å². The largest absolute Gasteiger partial charge is 0.372 e. The van der Waals surface area contributed by atoms with Gasteiger partial charge in [-0.15, -0.1) is 0 Å². The van der Waals surface area contributed by atoms with Gasteiger partial charge in [0.2, 0.25) is 10.0 Å². The van der Waals surface area contributed by atoms with Crippen molar-refractivity contribution in [2.24, 2.45) is 5.10 Å². The number of sulfonamides is 1. The van der Waals surface area contributed by atoms with Crippen LogP contribution in [0.5, 0.6) is 0 Å². The number of nitrogens with zero attached hydrogens (tertiary/aromatic N) is 3. The smallest absolute Gasteiger partial charge is 0.271 e. The molecule has 1 saturated heterocycles. The molecule has 2 aromatic carbocycles. The Hall–Kier alpha value is -2.71. The summed E-state index contributed by atoms with van der Waals surface area (Å²) < 4.78 is 27.2.